The van der Waals surface area contributed by atoms with Gasteiger partial charge in [0.1, 0.15) is 5.69 Å². The van der Waals surface area contributed by atoms with Crippen molar-refractivity contribution in [3.05, 3.63) is 47.9 Å². The number of aromatic nitrogens is 4. The first-order chi connectivity index (χ1) is 18.2. The predicted octanol–water partition coefficient (Wildman–Crippen LogP) is 2.68. The van der Waals surface area contributed by atoms with Gasteiger partial charge in [-0.1, -0.05) is 6.07 Å². The number of carbonyl (C=O) groups excluding carboxylic acids is 1. The van der Waals surface area contributed by atoms with Crippen molar-refractivity contribution >= 4 is 26.8 Å². The number of carbonyl (C=O) groups is 1. The first-order valence-corrected chi connectivity index (χ1v) is 15.3. The molecular formula is C27H38N6O4S. The number of ether oxygens (including phenoxy) is 1. The van der Waals surface area contributed by atoms with Gasteiger partial charge in [0.15, 0.2) is 0 Å². The normalized spacial score (nSPS) is 24.7. The second-order valence-electron chi connectivity index (χ2n) is 10.9. The molecule has 1 N–H and O–H groups in total. The summed E-state index contributed by atoms with van der Waals surface area (Å²) in [5, 5.41) is 9.67. The lowest BCUT2D eigenvalue weighted by Crippen LogP contribution is -2.51. The van der Waals surface area contributed by atoms with Crippen molar-refractivity contribution in [1.82, 2.24) is 29.2 Å². The summed E-state index contributed by atoms with van der Waals surface area (Å²) in [4.78, 5) is 14.9. The van der Waals surface area contributed by atoms with E-state index in [1.54, 1.807) is 24.0 Å². The number of benzene rings is 1. The van der Waals surface area contributed by atoms with E-state index < -0.39 is 10.0 Å². The monoisotopic (exact) mass is 542 g/mol. The van der Waals surface area contributed by atoms with E-state index >= 15 is 0 Å². The molecule has 0 radical (unpaired) electrons. The van der Waals surface area contributed by atoms with Gasteiger partial charge in [0, 0.05) is 57.8 Å². The highest BCUT2D eigenvalue weighted by atomic mass is 32.2. The van der Waals surface area contributed by atoms with Gasteiger partial charge in [0.25, 0.3) is 5.91 Å². The molecule has 1 saturated heterocycles. The van der Waals surface area contributed by atoms with Crippen LogP contribution in [0.3, 0.4) is 0 Å². The van der Waals surface area contributed by atoms with Crippen molar-refractivity contribution in [2.75, 3.05) is 32.5 Å². The molecule has 206 valence electrons. The van der Waals surface area contributed by atoms with E-state index in [0.717, 1.165) is 31.2 Å². The fraction of sp³-hybridized carbons (Fsp3) is 0.593. The summed E-state index contributed by atoms with van der Waals surface area (Å²) in [6.07, 6.45) is 9.60. The van der Waals surface area contributed by atoms with E-state index in [-0.39, 0.29) is 17.9 Å². The van der Waals surface area contributed by atoms with Crippen LogP contribution in [0.4, 0.5) is 0 Å². The number of aryl methyl sites for hydroxylation is 2. The van der Waals surface area contributed by atoms with Crippen molar-refractivity contribution in [3.8, 4) is 0 Å². The molecule has 0 spiro atoms. The first-order valence-electron chi connectivity index (χ1n) is 13.4. The Morgan fingerprint density at radius 3 is 2.58 bits per heavy atom. The van der Waals surface area contributed by atoms with Crippen molar-refractivity contribution in [3.63, 3.8) is 0 Å². The van der Waals surface area contributed by atoms with Crippen LogP contribution < -0.4 is 4.72 Å². The van der Waals surface area contributed by atoms with Gasteiger partial charge in [-0.2, -0.15) is 10.2 Å². The fourth-order valence-electron chi connectivity index (χ4n) is 5.93. The van der Waals surface area contributed by atoms with E-state index in [1.165, 1.54) is 17.2 Å². The summed E-state index contributed by atoms with van der Waals surface area (Å²) in [6, 6.07) is 8.40. The summed E-state index contributed by atoms with van der Waals surface area (Å²) in [7, 11) is 0.425. The fourth-order valence-corrected chi connectivity index (χ4v) is 6.45. The molecule has 1 amide bonds. The first kappa shape index (κ1) is 26.8. The zero-order valence-corrected chi connectivity index (χ0v) is 23.2. The zero-order valence-electron chi connectivity index (χ0n) is 22.4. The Morgan fingerprint density at radius 2 is 1.87 bits per heavy atom. The van der Waals surface area contributed by atoms with E-state index in [4.69, 9.17) is 4.74 Å². The molecule has 3 heterocycles. The molecule has 2 aliphatic rings. The molecule has 2 atom stereocenters. The highest BCUT2D eigenvalue weighted by molar-refractivity contribution is 7.88. The summed E-state index contributed by atoms with van der Waals surface area (Å²) in [5.74, 6) is 0.950. The highest BCUT2D eigenvalue weighted by Gasteiger charge is 2.34. The molecule has 1 aromatic carbocycles. The molecule has 1 aliphatic heterocycles. The Labute approximate surface area is 224 Å². The second kappa shape index (κ2) is 11.2. The quantitative estimate of drug-likeness (QED) is 0.469. The number of nitrogens with one attached hydrogen (secondary N) is 1. The molecule has 2 aromatic heterocycles. The number of hydrogen-bond acceptors (Lipinski definition) is 6. The van der Waals surface area contributed by atoms with Crippen LogP contribution in [-0.4, -0.2) is 77.4 Å². The minimum absolute atomic E-state index is 0.0165. The van der Waals surface area contributed by atoms with Crippen LogP contribution in [0.1, 0.15) is 54.1 Å². The summed E-state index contributed by atoms with van der Waals surface area (Å²) < 4.78 is 36.1. The molecule has 3 aromatic rings. The molecule has 0 bridgehead atoms. The maximum absolute atomic E-state index is 13.1. The standard InChI is InChI=1S/C27H38N6O4S/c1-31-24-9-8-21(14-23(24)15-29-31)20-6-4-19(5-7-20)18-37-26-17-33(27(34)25-10-12-28-32(25)2)13-11-22(26)16-30-38(3,35)36/h8-10,12,14-15,19-20,22,26,30H,4-7,11,13,16-18H2,1-3H3/t19?,20?,22-,26-/m1/s1. The van der Waals surface area contributed by atoms with Crippen molar-refractivity contribution in [2.24, 2.45) is 25.9 Å². The molecule has 2 fully saturated rings. The van der Waals surface area contributed by atoms with Gasteiger partial charge >= 0.3 is 0 Å². The smallest absolute Gasteiger partial charge is 0.272 e. The third kappa shape index (κ3) is 6.10. The van der Waals surface area contributed by atoms with E-state index in [2.05, 4.69) is 33.1 Å². The van der Waals surface area contributed by atoms with Crippen molar-refractivity contribution in [2.45, 2.75) is 44.1 Å². The number of rotatable bonds is 8. The van der Waals surface area contributed by atoms with Crippen LogP contribution in [0.15, 0.2) is 36.7 Å². The van der Waals surface area contributed by atoms with Crippen LogP contribution in [0, 0.1) is 11.8 Å². The molecule has 1 aliphatic carbocycles. The average molecular weight is 543 g/mol. The molecule has 11 heteroatoms. The Balaban J connectivity index is 1.19. The largest absolute Gasteiger partial charge is 0.376 e. The van der Waals surface area contributed by atoms with Gasteiger partial charge in [-0.05, 0) is 67.7 Å². The lowest BCUT2D eigenvalue weighted by atomic mass is 9.79. The highest BCUT2D eigenvalue weighted by Crippen LogP contribution is 2.37. The molecule has 0 unspecified atom stereocenters. The van der Waals surface area contributed by atoms with E-state index in [0.29, 0.717) is 50.2 Å². The van der Waals surface area contributed by atoms with Gasteiger partial charge in [0.2, 0.25) is 10.0 Å². The minimum Gasteiger partial charge on any atom is -0.376 e. The molecule has 10 nitrogen and oxygen atoms in total. The number of likely N-dealkylation sites (tertiary alicyclic amines) is 1. The lowest BCUT2D eigenvalue weighted by Gasteiger charge is -2.39. The topological polar surface area (TPSA) is 111 Å². The van der Waals surface area contributed by atoms with Gasteiger partial charge in [-0.25, -0.2) is 13.1 Å². The molecule has 1 saturated carbocycles. The van der Waals surface area contributed by atoms with Crippen molar-refractivity contribution < 1.29 is 17.9 Å². The number of piperidine rings is 1. The molecule has 38 heavy (non-hydrogen) atoms. The maximum atomic E-state index is 13.1. The van der Waals surface area contributed by atoms with E-state index in [1.807, 2.05) is 22.8 Å². The number of sulfonamides is 1. The molecule has 5 rings (SSSR count). The Kier molecular flexibility index (Phi) is 7.88. The third-order valence-electron chi connectivity index (χ3n) is 8.27. The third-order valence-corrected chi connectivity index (χ3v) is 8.96. The Hall–Kier alpha value is -2.76. The number of amides is 1. The summed E-state index contributed by atoms with van der Waals surface area (Å²) in [5.41, 5.74) is 3.08. The van der Waals surface area contributed by atoms with E-state index in [9.17, 15) is 13.2 Å². The van der Waals surface area contributed by atoms with Crippen LogP contribution >= 0.6 is 0 Å². The van der Waals surface area contributed by atoms with Gasteiger partial charge in [-0.15, -0.1) is 0 Å². The van der Waals surface area contributed by atoms with Crippen LogP contribution in [0.2, 0.25) is 0 Å². The van der Waals surface area contributed by atoms with Crippen molar-refractivity contribution in [1.29, 1.82) is 0 Å². The van der Waals surface area contributed by atoms with Gasteiger partial charge < -0.3 is 9.64 Å². The Bertz CT molecular complexity index is 1380. The molecular weight excluding hydrogens is 504 g/mol. The minimum atomic E-state index is -3.30. The second-order valence-corrected chi connectivity index (χ2v) is 12.8. The summed E-state index contributed by atoms with van der Waals surface area (Å²) in [6.45, 7) is 1.95. The SMILES string of the molecule is Cn1nccc1C(=O)N1CC[C@H](CNS(C)(=O)=O)[C@H](OCC2CCC(c3ccc4c(cnn4C)c3)CC2)C1. The number of hydrogen-bond donors (Lipinski definition) is 1. The van der Waals surface area contributed by atoms with Gasteiger partial charge in [-0.3, -0.25) is 14.2 Å². The summed E-state index contributed by atoms with van der Waals surface area (Å²) >= 11 is 0. The maximum Gasteiger partial charge on any atom is 0.272 e. The zero-order chi connectivity index (χ0) is 26.9. The number of fused-ring (bicyclic) bond motifs is 1. The Morgan fingerprint density at radius 1 is 1.08 bits per heavy atom. The van der Waals surface area contributed by atoms with Crippen LogP contribution in [-0.2, 0) is 28.9 Å². The lowest BCUT2D eigenvalue weighted by molar-refractivity contribution is -0.0473. The predicted molar refractivity (Wildman–Crippen MR) is 145 cm³/mol. The number of nitrogens with zero attached hydrogens (tertiary/aromatic N) is 5. The average Bonchev–Trinajstić information content (AvgIpc) is 3.50. The van der Waals surface area contributed by atoms with Crippen LogP contribution in [0.5, 0.6) is 0 Å². The van der Waals surface area contributed by atoms with Crippen LogP contribution in [0.25, 0.3) is 10.9 Å². The van der Waals surface area contributed by atoms with Gasteiger partial charge in [0.05, 0.1) is 24.1 Å².